The number of alkyl halides is 3. The first kappa shape index (κ1) is 24.5. The van der Waals surface area contributed by atoms with E-state index in [-0.39, 0.29) is 42.6 Å². The van der Waals surface area contributed by atoms with Gasteiger partial charge in [-0.3, -0.25) is 16.1 Å². The molecule has 8 nitrogen and oxygen atoms in total. The lowest BCUT2D eigenvalue weighted by atomic mass is 9.90. The molecule has 0 aromatic rings. The smallest absolute Gasteiger partial charge is 0.425 e. The lowest BCUT2D eigenvalue weighted by molar-refractivity contribution is -0.202. The lowest BCUT2D eigenvalue weighted by Gasteiger charge is -2.41. The molecule has 1 saturated carbocycles. The van der Waals surface area contributed by atoms with E-state index in [0.717, 1.165) is 19.8 Å². The van der Waals surface area contributed by atoms with Gasteiger partial charge in [-0.2, -0.15) is 13.2 Å². The quantitative estimate of drug-likeness (QED) is 0.403. The molecule has 2 atom stereocenters. The Hall–Kier alpha value is -1.79. The minimum atomic E-state index is -4.47. The van der Waals surface area contributed by atoms with Crippen molar-refractivity contribution < 1.29 is 31.1 Å². The van der Waals surface area contributed by atoms with E-state index >= 15 is 0 Å². The Morgan fingerprint density at radius 2 is 2.03 bits per heavy atom. The second kappa shape index (κ2) is 9.15. The highest BCUT2D eigenvalue weighted by Gasteiger charge is 2.48. The van der Waals surface area contributed by atoms with Gasteiger partial charge >= 0.3 is 6.18 Å². The van der Waals surface area contributed by atoms with Crippen molar-refractivity contribution in [3.05, 3.63) is 23.6 Å². The Labute approximate surface area is 174 Å². The molecule has 12 heteroatoms. The van der Waals surface area contributed by atoms with Crippen molar-refractivity contribution >= 4 is 15.7 Å². The maximum atomic E-state index is 12.9. The molecular formula is C18H29F3N4O4S. The third kappa shape index (κ3) is 6.11. The van der Waals surface area contributed by atoms with Crippen molar-refractivity contribution in [2.75, 3.05) is 25.1 Å². The van der Waals surface area contributed by atoms with Crippen molar-refractivity contribution in [3.8, 4) is 0 Å². The molecule has 3 aliphatic rings. The third-order valence-electron chi connectivity index (χ3n) is 5.31. The minimum absolute atomic E-state index is 0.0401. The van der Waals surface area contributed by atoms with Crippen LogP contribution in [0.2, 0.25) is 0 Å². The third-order valence-corrected chi connectivity index (χ3v) is 7.12. The van der Waals surface area contributed by atoms with Gasteiger partial charge in [-0.15, -0.1) is 0 Å². The molecule has 2 heterocycles. The summed E-state index contributed by atoms with van der Waals surface area (Å²) in [6.07, 6.45) is -1.38. The van der Waals surface area contributed by atoms with Crippen LogP contribution in [0.5, 0.6) is 0 Å². The van der Waals surface area contributed by atoms with Crippen LogP contribution in [0.15, 0.2) is 23.6 Å². The number of rotatable bonds is 6. The van der Waals surface area contributed by atoms with E-state index in [1.807, 2.05) is 0 Å². The van der Waals surface area contributed by atoms with Gasteiger partial charge in [0, 0.05) is 18.3 Å². The largest absolute Gasteiger partial charge is 0.481 e. The highest BCUT2D eigenvalue weighted by atomic mass is 32.2. The minimum Gasteiger partial charge on any atom is -0.481 e. The van der Waals surface area contributed by atoms with E-state index in [1.54, 1.807) is 24.2 Å². The maximum absolute atomic E-state index is 12.9. The zero-order valence-corrected chi connectivity index (χ0v) is 17.9. The van der Waals surface area contributed by atoms with Crippen molar-refractivity contribution in [1.29, 1.82) is 0 Å². The monoisotopic (exact) mass is 454 g/mol. The Bertz CT molecular complexity index is 809. The molecule has 0 aromatic heterocycles. The van der Waals surface area contributed by atoms with E-state index in [1.165, 1.54) is 0 Å². The molecule has 172 valence electrons. The summed E-state index contributed by atoms with van der Waals surface area (Å²) in [5, 5.41) is 0. The van der Waals surface area contributed by atoms with Crippen LogP contribution < -0.4 is 17.0 Å². The molecule has 0 spiro atoms. The number of nitrogens with zero attached hydrogens (tertiary/aromatic N) is 1. The second-order valence-corrected chi connectivity index (χ2v) is 10.1. The van der Waals surface area contributed by atoms with Crippen molar-refractivity contribution in [1.82, 2.24) is 10.3 Å². The van der Waals surface area contributed by atoms with Crippen LogP contribution in [0.3, 0.4) is 0 Å². The van der Waals surface area contributed by atoms with Crippen LogP contribution in [0.4, 0.5) is 13.2 Å². The highest BCUT2D eigenvalue weighted by Crippen LogP contribution is 2.45. The predicted octanol–water partition coefficient (Wildman–Crippen LogP) is 0.959. The van der Waals surface area contributed by atoms with Crippen molar-refractivity contribution in [2.45, 2.75) is 50.4 Å². The van der Waals surface area contributed by atoms with E-state index in [9.17, 15) is 26.4 Å². The Morgan fingerprint density at radius 3 is 2.47 bits per heavy atom. The summed E-state index contributed by atoms with van der Waals surface area (Å²) in [5.74, 6) is 4.03. The van der Waals surface area contributed by atoms with Crippen LogP contribution >= 0.6 is 0 Å². The molecule has 0 bridgehead atoms. The Morgan fingerprint density at radius 1 is 1.43 bits per heavy atom. The number of sulfone groups is 1. The van der Waals surface area contributed by atoms with Crippen LogP contribution in [-0.4, -0.2) is 62.1 Å². The number of carbonyl (C=O) groups is 1. The zero-order chi connectivity index (χ0) is 22.7. The first-order chi connectivity index (χ1) is 13.8. The van der Waals surface area contributed by atoms with Crippen molar-refractivity contribution in [3.63, 3.8) is 0 Å². The number of hydrogen-bond acceptors (Lipinski definition) is 7. The molecule has 5 N–H and O–H groups in total. The highest BCUT2D eigenvalue weighted by molar-refractivity contribution is 7.91. The van der Waals surface area contributed by atoms with Gasteiger partial charge in [0.1, 0.15) is 5.76 Å². The summed E-state index contributed by atoms with van der Waals surface area (Å²) >= 11 is 0. The number of primary amides is 1. The average Bonchev–Trinajstić information content (AvgIpc) is 3.39. The molecule has 1 unspecified atom stereocenters. The number of nitrogens with one attached hydrogen (secondary N) is 1. The van der Waals surface area contributed by atoms with E-state index in [4.69, 9.17) is 10.5 Å². The number of nitrogens with two attached hydrogens (primary N) is 2. The molecule has 0 aromatic carbocycles. The molecule has 1 amide bonds. The number of hydrogen-bond donors (Lipinski definition) is 3. The Balaban J connectivity index is 0.00000101. The topological polar surface area (TPSA) is 128 Å². The first-order valence-electron chi connectivity index (χ1n) is 9.62. The molecule has 30 heavy (non-hydrogen) atoms. The fourth-order valence-electron chi connectivity index (χ4n) is 3.68. The van der Waals surface area contributed by atoms with Gasteiger partial charge in [0.15, 0.2) is 15.9 Å². The normalized spacial score (nSPS) is 26.8. The van der Waals surface area contributed by atoms with Crippen LogP contribution in [0, 0.1) is 5.92 Å². The number of halogens is 3. The fourth-order valence-corrected chi connectivity index (χ4v) is 5.75. The average molecular weight is 455 g/mol. The summed E-state index contributed by atoms with van der Waals surface area (Å²) in [6.45, 7) is 1.12. The zero-order valence-electron chi connectivity index (χ0n) is 17.0. The molecule has 3 rings (SSSR count). The molecule has 2 aliphatic heterocycles. The number of allylic oxidation sites excluding steroid dienone is 1. The molecule has 1 saturated heterocycles. The van der Waals surface area contributed by atoms with E-state index in [0.29, 0.717) is 5.57 Å². The molecule has 1 aliphatic carbocycles. The van der Waals surface area contributed by atoms with Crippen LogP contribution in [0.1, 0.15) is 32.6 Å². The molecule has 0 radical (unpaired) electrons. The van der Waals surface area contributed by atoms with E-state index < -0.39 is 33.6 Å². The summed E-state index contributed by atoms with van der Waals surface area (Å²) in [4.78, 5) is 13.3. The number of carbonyl (C=O) groups excluding carboxylic acids is 1. The number of amides is 1. The summed E-state index contributed by atoms with van der Waals surface area (Å²) < 4.78 is 67.9. The van der Waals surface area contributed by atoms with Crippen molar-refractivity contribution in [2.24, 2.45) is 17.5 Å². The van der Waals surface area contributed by atoms with Gasteiger partial charge in [0.25, 0.3) is 0 Å². The fraction of sp³-hybridized carbons (Fsp3) is 0.722. The lowest BCUT2D eigenvalue weighted by Crippen LogP contribution is -2.50. The van der Waals surface area contributed by atoms with Gasteiger partial charge in [-0.25, -0.2) is 8.42 Å². The summed E-state index contributed by atoms with van der Waals surface area (Å²) in [7, 11) is -1.65. The van der Waals surface area contributed by atoms with Gasteiger partial charge in [-0.1, -0.05) is 0 Å². The van der Waals surface area contributed by atoms with Gasteiger partial charge < -0.3 is 15.4 Å². The van der Waals surface area contributed by atoms with Gasteiger partial charge in [0.05, 0.1) is 23.5 Å². The maximum Gasteiger partial charge on any atom is 0.425 e. The molecular weight excluding hydrogens is 425 g/mol. The Kier molecular flexibility index (Phi) is 7.46. The van der Waals surface area contributed by atoms with Gasteiger partial charge in [0.2, 0.25) is 5.91 Å². The second-order valence-electron chi connectivity index (χ2n) is 7.88. The van der Waals surface area contributed by atoms with Gasteiger partial charge in [-0.05, 0) is 45.2 Å². The standard InChI is InChI=1S/C17H23F3N2O4S.CH6N2/c1-11(17(18,19)20)26-14-4-6-22(9-13(14)12-2-3-12)16(8-15(21)23)5-7-27(24,25)10-16;1-3-2/h4,9,11-12H,2-3,5-8,10H2,1H3,(H2,21,23);3H,2H2,1H3/t11-,16?;/m0./s1. The predicted molar refractivity (Wildman–Crippen MR) is 105 cm³/mol. The summed E-state index contributed by atoms with van der Waals surface area (Å²) in [6, 6.07) is 0. The van der Waals surface area contributed by atoms with Crippen LogP contribution in [-0.2, 0) is 19.4 Å². The summed E-state index contributed by atoms with van der Waals surface area (Å²) in [5.41, 5.74) is 7.28. The van der Waals surface area contributed by atoms with Crippen LogP contribution in [0.25, 0.3) is 0 Å². The number of hydrazine groups is 1. The first-order valence-corrected chi connectivity index (χ1v) is 11.4. The number of ether oxygens (including phenoxy) is 1. The SMILES string of the molecule is CNN.C[C@H](OC1=CCN(C2(CC(N)=O)CCS(=O)(=O)C2)C=C1C1CC1)C(F)(F)F. The van der Waals surface area contributed by atoms with E-state index in [2.05, 4.69) is 11.3 Å². The molecule has 2 fully saturated rings.